The number of hydrogen-bond donors (Lipinski definition) is 1. The first-order chi connectivity index (χ1) is 11.3. The van der Waals surface area contributed by atoms with Crippen LogP contribution in [0, 0.1) is 11.5 Å². The molecule has 3 heteroatoms. The highest BCUT2D eigenvalue weighted by molar-refractivity contribution is 5.68. The molecule has 3 nitrogen and oxygen atoms in total. The van der Waals surface area contributed by atoms with Crippen LogP contribution >= 0.6 is 0 Å². The predicted molar refractivity (Wildman–Crippen MR) is 94.3 cm³/mol. The Morgan fingerprint density at radius 3 is 2.48 bits per heavy atom. The van der Waals surface area contributed by atoms with Gasteiger partial charge in [-0.2, -0.15) is 5.26 Å². The summed E-state index contributed by atoms with van der Waals surface area (Å²) in [7, 11) is 0. The fourth-order valence-corrected chi connectivity index (χ4v) is 3.01. The fourth-order valence-electron chi connectivity index (χ4n) is 3.01. The summed E-state index contributed by atoms with van der Waals surface area (Å²) >= 11 is 0. The lowest BCUT2D eigenvalue weighted by molar-refractivity contribution is 0.276. The summed E-state index contributed by atoms with van der Waals surface area (Å²) in [5.41, 5.74) is 4.44. The summed E-state index contributed by atoms with van der Waals surface area (Å²) in [6.45, 7) is 5.79. The molecule has 1 unspecified atom stereocenters. The third kappa shape index (κ3) is 3.73. The summed E-state index contributed by atoms with van der Waals surface area (Å²) in [6, 6.07) is 19.1. The molecule has 0 aliphatic carbocycles. The van der Waals surface area contributed by atoms with E-state index in [9.17, 15) is 0 Å². The van der Waals surface area contributed by atoms with Gasteiger partial charge in [0.05, 0.1) is 0 Å². The van der Waals surface area contributed by atoms with Gasteiger partial charge in [-0.15, -0.1) is 0 Å². The van der Waals surface area contributed by atoms with E-state index in [0.717, 1.165) is 37.2 Å². The van der Waals surface area contributed by atoms with Crippen molar-refractivity contribution in [2.45, 2.75) is 18.9 Å². The minimum absolute atomic E-state index is 0.296. The number of likely N-dealkylation sites (tertiary alicyclic amines) is 1. The molecule has 2 aromatic carbocycles. The van der Waals surface area contributed by atoms with Crippen LogP contribution in [0.15, 0.2) is 61.2 Å². The molecule has 3 rings (SSSR count). The smallest absolute Gasteiger partial charge is 0.179 e. The number of nitrogens with zero attached hydrogens (tertiary/aromatic N) is 2. The van der Waals surface area contributed by atoms with Crippen molar-refractivity contribution < 1.29 is 0 Å². The van der Waals surface area contributed by atoms with Crippen LogP contribution < -0.4 is 5.32 Å². The molecule has 1 aliphatic heterocycles. The molecule has 1 aliphatic rings. The van der Waals surface area contributed by atoms with Crippen LogP contribution in [-0.4, -0.2) is 24.0 Å². The second-order valence-corrected chi connectivity index (χ2v) is 5.95. The van der Waals surface area contributed by atoms with E-state index in [-0.39, 0.29) is 0 Å². The number of benzene rings is 2. The Morgan fingerprint density at radius 1 is 1.09 bits per heavy atom. The van der Waals surface area contributed by atoms with Gasteiger partial charge >= 0.3 is 0 Å². The number of nitrogens with one attached hydrogen (secondary N) is 1. The lowest BCUT2D eigenvalue weighted by Crippen LogP contribution is -2.42. The molecular formula is C20H21N3. The maximum absolute atomic E-state index is 9.02. The minimum atomic E-state index is 0.296. The summed E-state index contributed by atoms with van der Waals surface area (Å²) in [5, 5.41) is 12.5. The van der Waals surface area contributed by atoms with Gasteiger partial charge in [0.25, 0.3) is 0 Å². The Hall–Kier alpha value is -2.73. The molecule has 116 valence electrons. The second-order valence-electron chi connectivity index (χ2n) is 5.95. The molecule has 1 fully saturated rings. The van der Waals surface area contributed by atoms with Gasteiger partial charge in [-0.25, -0.2) is 0 Å². The molecule has 1 atom stereocenters. The van der Waals surface area contributed by atoms with E-state index >= 15 is 0 Å². The Bertz CT molecular complexity index is 698. The zero-order valence-corrected chi connectivity index (χ0v) is 13.2. The fraction of sp³-hybridized carbons (Fsp3) is 0.250. The topological polar surface area (TPSA) is 39.1 Å². The predicted octanol–water partition coefficient (Wildman–Crippen LogP) is 3.86. The maximum Gasteiger partial charge on any atom is 0.179 e. The molecule has 0 bridgehead atoms. The first-order valence-corrected chi connectivity index (χ1v) is 8.02. The third-order valence-electron chi connectivity index (χ3n) is 4.28. The maximum atomic E-state index is 9.02. The van der Waals surface area contributed by atoms with Gasteiger partial charge in [0.1, 0.15) is 0 Å². The zero-order valence-electron chi connectivity index (χ0n) is 13.2. The minimum Gasteiger partial charge on any atom is -0.380 e. The van der Waals surface area contributed by atoms with Crippen molar-refractivity contribution in [1.29, 1.82) is 5.26 Å². The van der Waals surface area contributed by atoms with Crippen molar-refractivity contribution >= 4 is 5.70 Å². The van der Waals surface area contributed by atoms with Crippen molar-refractivity contribution in [3.05, 3.63) is 66.7 Å². The SMILES string of the molecule is C=C(NC1CCCN(C#N)C1)c1ccc(-c2ccccc2)cc1. The van der Waals surface area contributed by atoms with Crippen molar-refractivity contribution in [3.8, 4) is 17.3 Å². The zero-order chi connectivity index (χ0) is 16.1. The first-order valence-electron chi connectivity index (χ1n) is 8.02. The van der Waals surface area contributed by atoms with Gasteiger partial charge in [0.15, 0.2) is 6.19 Å². The van der Waals surface area contributed by atoms with E-state index in [1.54, 1.807) is 0 Å². The normalized spacial score (nSPS) is 17.3. The van der Waals surface area contributed by atoms with Crippen LogP contribution in [0.25, 0.3) is 16.8 Å². The average Bonchev–Trinajstić information content (AvgIpc) is 2.63. The molecule has 0 aromatic heterocycles. The summed E-state index contributed by atoms with van der Waals surface area (Å²) in [4.78, 5) is 1.81. The number of nitriles is 1. The van der Waals surface area contributed by atoms with E-state index in [1.165, 1.54) is 11.1 Å². The summed E-state index contributed by atoms with van der Waals surface area (Å²) in [5.74, 6) is 0. The molecular weight excluding hydrogens is 282 g/mol. The largest absolute Gasteiger partial charge is 0.380 e. The second kappa shape index (κ2) is 7.02. The van der Waals surface area contributed by atoms with Crippen LogP contribution in [0.5, 0.6) is 0 Å². The van der Waals surface area contributed by atoms with Crippen LogP contribution in [0.4, 0.5) is 0 Å². The molecule has 0 saturated carbocycles. The van der Waals surface area contributed by atoms with E-state index < -0.39 is 0 Å². The Kier molecular flexibility index (Phi) is 4.63. The van der Waals surface area contributed by atoms with Gasteiger partial charge in [-0.1, -0.05) is 61.2 Å². The summed E-state index contributed by atoms with van der Waals surface area (Å²) < 4.78 is 0. The van der Waals surface area contributed by atoms with Crippen molar-refractivity contribution in [1.82, 2.24) is 10.2 Å². The van der Waals surface area contributed by atoms with E-state index in [0.29, 0.717) is 6.04 Å². The molecule has 1 heterocycles. The standard InChI is InChI=1S/C20H21N3/c1-16(22-20-8-5-13-23(14-20)15-21)17-9-11-19(12-10-17)18-6-3-2-4-7-18/h2-4,6-7,9-12,20,22H,1,5,8,13-14H2. The Balaban J connectivity index is 1.65. The highest BCUT2D eigenvalue weighted by Crippen LogP contribution is 2.22. The van der Waals surface area contributed by atoms with Crippen LogP contribution in [0.1, 0.15) is 18.4 Å². The molecule has 23 heavy (non-hydrogen) atoms. The summed E-state index contributed by atoms with van der Waals surface area (Å²) in [6.07, 6.45) is 4.37. The highest BCUT2D eigenvalue weighted by Gasteiger charge is 2.19. The number of rotatable bonds is 4. The third-order valence-corrected chi connectivity index (χ3v) is 4.28. The first kappa shape index (κ1) is 15.2. The van der Waals surface area contributed by atoms with E-state index in [2.05, 4.69) is 54.5 Å². The van der Waals surface area contributed by atoms with Gasteiger partial charge in [-0.3, -0.25) is 0 Å². The Morgan fingerprint density at radius 2 is 1.78 bits per heavy atom. The molecule has 0 amide bonds. The number of piperidine rings is 1. The van der Waals surface area contributed by atoms with E-state index in [4.69, 9.17) is 5.26 Å². The molecule has 2 aromatic rings. The van der Waals surface area contributed by atoms with Crippen LogP contribution in [0.2, 0.25) is 0 Å². The van der Waals surface area contributed by atoms with Gasteiger partial charge in [0, 0.05) is 24.8 Å². The average molecular weight is 303 g/mol. The van der Waals surface area contributed by atoms with E-state index in [1.807, 2.05) is 23.1 Å². The van der Waals surface area contributed by atoms with Gasteiger partial charge in [0.2, 0.25) is 0 Å². The lowest BCUT2D eigenvalue weighted by atomic mass is 10.0. The van der Waals surface area contributed by atoms with Crippen LogP contribution in [0.3, 0.4) is 0 Å². The van der Waals surface area contributed by atoms with Gasteiger partial charge in [-0.05, 0) is 29.5 Å². The monoisotopic (exact) mass is 303 g/mol. The molecule has 0 spiro atoms. The highest BCUT2D eigenvalue weighted by atomic mass is 15.2. The Labute approximate surface area is 137 Å². The number of hydrogen-bond acceptors (Lipinski definition) is 3. The molecule has 1 N–H and O–H groups in total. The molecule has 1 saturated heterocycles. The van der Waals surface area contributed by atoms with Crippen molar-refractivity contribution in [3.63, 3.8) is 0 Å². The van der Waals surface area contributed by atoms with Crippen LogP contribution in [-0.2, 0) is 0 Å². The molecule has 0 radical (unpaired) electrons. The van der Waals surface area contributed by atoms with Crippen molar-refractivity contribution in [2.24, 2.45) is 0 Å². The van der Waals surface area contributed by atoms with Crippen molar-refractivity contribution in [2.75, 3.05) is 13.1 Å². The quantitative estimate of drug-likeness (QED) is 0.872. The van der Waals surface area contributed by atoms with Gasteiger partial charge < -0.3 is 10.2 Å². The lowest BCUT2D eigenvalue weighted by Gasteiger charge is -2.30.